The molecule has 0 radical (unpaired) electrons. The molecule has 0 aliphatic heterocycles. The van der Waals surface area contributed by atoms with Gasteiger partial charge in [0.1, 0.15) is 11.9 Å². The molecule has 1 atom stereocenters. The number of halogens is 1. The van der Waals surface area contributed by atoms with Gasteiger partial charge in [-0.25, -0.2) is 22.3 Å². The molecule has 0 saturated carbocycles. The fourth-order valence-electron chi connectivity index (χ4n) is 1.29. The Kier molecular flexibility index (Phi) is 5.15. The van der Waals surface area contributed by atoms with Crippen molar-refractivity contribution in [3.8, 4) is 6.07 Å². The lowest BCUT2D eigenvalue weighted by Crippen LogP contribution is -2.30. The minimum atomic E-state index is -4.00. The number of carboxylic acids is 1. The molecule has 7 nitrogen and oxygen atoms in total. The zero-order valence-corrected chi connectivity index (χ0v) is 10.9. The van der Waals surface area contributed by atoms with Crippen molar-refractivity contribution < 1.29 is 27.8 Å². The monoisotopic (exact) mass is 302 g/mol. The van der Waals surface area contributed by atoms with Crippen LogP contribution in [-0.4, -0.2) is 37.2 Å². The van der Waals surface area contributed by atoms with Crippen LogP contribution in [0.1, 0.15) is 12.0 Å². The van der Waals surface area contributed by atoms with Crippen LogP contribution in [0.3, 0.4) is 0 Å². The molecule has 0 spiro atoms. The number of hydrogen-bond donors (Lipinski definition) is 3. The number of rotatable bonds is 6. The van der Waals surface area contributed by atoms with E-state index in [1.165, 1.54) is 6.07 Å². The first-order valence-corrected chi connectivity index (χ1v) is 6.86. The highest BCUT2D eigenvalue weighted by Gasteiger charge is 2.18. The van der Waals surface area contributed by atoms with Crippen molar-refractivity contribution in [1.29, 1.82) is 5.26 Å². The molecule has 0 aliphatic rings. The first-order chi connectivity index (χ1) is 9.27. The summed E-state index contributed by atoms with van der Waals surface area (Å²) >= 11 is 0. The predicted molar refractivity (Wildman–Crippen MR) is 64.6 cm³/mol. The summed E-state index contributed by atoms with van der Waals surface area (Å²) < 4.78 is 38.7. The Morgan fingerprint density at radius 1 is 1.50 bits per heavy atom. The molecule has 0 amide bonds. The van der Waals surface area contributed by atoms with Gasteiger partial charge in [-0.3, -0.25) is 0 Å². The van der Waals surface area contributed by atoms with Gasteiger partial charge in [0.2, 0.25) is 10.0 Å². The summed E-state index contributed by atoms with van der Waals surface area (Å²) in [4.78, 5) is 10.0. The SMILES string of the molecule is N#Cc1cc(S(=O)(=O)NCCC(O)C(=O)O)ccc1F. The number of nitrogens with one attached hydrogen (secondary N) is 1. The second-order valence-corrected chi connectivity index (χ2v) is 5.56. The van der Waals surface area contributed by atoms with Gasteiger partial charge in [-0.2, -0.15) is 5.26 Å². The lowest BCUT2D eigenvalue weighted by Gasteiger charge is -2.08. The van der Waals surface area contributed by atoms with E-state index < -0.39 is 33.5 Å². The maximum absolute atomic E-state index is 13.1. The maximum Gasteiger partial charge on any atom is 0.332 e. The van der Waals surface area contributed by atoms with Crippen molar-refractivity contribution in [2.45, 2.75) is 17.4 Å². The van der Waals surface area contributed by atoms with Crippen molar-refractivity contribution >= 4 is 16.0 Å². The smallest absolute Gasteiger partial charge is 0.332 e. The van der Waals surface area contributed by atoms with Gasteiger partial charge in [0.15, 0.2) is 6.10 Å². The molecule has 9 heteroatoms. The first kappa shape index (κ1) is 16.0. The minimum Gasteiger partial charge on any atom is -0.479 e. The van der Waals surface area contributed by atoms with E-state index in [9.17, 15) is 17.6 Å². The quantitative estimate of drug-likeness (QED) is 0.668. The molecule has 0 aromatic heterocycles. The van der Waals surface area contributed by atoms with E-state index in [0.717, 1.165) is 18.2 Å². The van der Waals surface area contributed by atoms with Crippen molar-refractivity contribution in [3.63, 3.8) is 0 Å². The average molecular weight is 302 g/mol. The third-order valence-electron chi connectivity index (χ3n) is 2.36. The molecule has 0 heterocycles. The summed E-state index contributed by atoms with van der Waals surface area (Å²) in [7, 11) is -4.00. The van der Waals surface area contributed by atoms with E-state index in [-0.39, 0.29) is 17.9 Å². The van der Waals surface area contributed by atoms with Gasteiger partial charge < -0.3 is 10.2 Å². The number of nitrogens with zero attached hydrogens (tertiary/aromatic N) is 1. The lowest BCUT2D eigenvalue weighted by molar-refractivity contribution is -0.146. The van der Waals surface area contributed by atoms with Gasteiger partial charge in [-0.15, -0.1) is 0 Å². The summed E-state index contributed by atoms with van der Waals surface area (Å²) in [5.74, 6) is -2.30. The van der Waals surface area contributed by atoms with Crippen LogP contribution in [0, 0.1) is 17.1 Å². The molecule has 108 valence electrons. The molecule has 0 bridgehead atoms. The Bertz CT molecular complexity index is 653. The number of carboxylic acid groups (broad SMARTS) is 1. The van der Waals surface area contributed by atoms with Crippen LogP contribution in [0.15, 0.2) is 23.1 Å². The van der Waals surface area contributed by atoms with E-state index in [4.69, 9.17) is 15.5 Å². The summed E-state index contributed by atoms with van der Waals surface area (Å²) in [5.41, 5.74) is -0.418. The lowest BCUT2D eigenvalue weighted by atomic mass is 10.2. The number of hydrogen-bond acceptors (Lipinski definition) is 5. The molecule has 1 unspecified atom stereocenters. The number of carbonyl (C=O) groups is 1. The van der Waals surface area contributed by atoms with Crippen molar-refractivity contribution in [3.05, 3.63) is 29.6 Å². The van der Waals surface area contributed by atoms with E-state index in [1.807, 2.05) is 4.72 Å². The maximum atomic E-state index is 13.1. The molecule has 0 saturated heterocycles. The number of aliphatic carboxylic acids is 1. The third-order valence-corrected chi connectivity index (χ3v) is 3.82. The molecular weight excluding hydrogens is 291 g/mol. The number of nitriles is 1. The fraction of sp³-hybridized carbons (Fsp3) is 0.273. The number of aliphatic hydroxyl groups is 1. The summed E-state index contributed by atoms with van der Waals surface area (Å²) in [6.07, 6.45) is -2.00. The molecule has 1 aromatic rings. The Balaban J connectivity index is 2.80. The molecule has 0 aliphatic carbocycles. The fourth-order valence-corrected chi connectivity index (χ4v) is 2.37. The molecule has 0 fully saturated rings. The topological polar surface area (TPSA) is 127 Å². The average Bonchev–Trinajstić information content (AvgIpc) is 2.38. The van der Waals surface area contributed by atoms with Gasteiger partial charge in [0.05, 0.1) is 10.5 Å². The van der Waals surface area contributed by atoms with E-state index >= 15 is 0 Å². The first-order valence-electron chi connectivity index (χ1n) is 5.38. The van der Waals surface area contributed by atoms with Gasteiger partial charge in [0, 0.05) is 6.54 Å². The Morgan fingerprint density at radius 3 is 2.70 bits per heavy atom. The number of sulfonamides is 1. The predicted octanol–water partition coefficient (Wildman–Crippen LogP) is -0.189. The Morgan fingerprint density at radius 2 is 2.15 bits per heavy atom. The molecule has 1 rings (SSSR count). The number of aliphatic hydroxyl groups excluding tert-OH is 1. The van der Waals surface area contributed by atoms with Crippen LogP contribution < -0.4 is 4.72 Å². The molecule has 20 heavy (non-hydrogen) atoms. The zero-order valence-electron chi connectivity index (χ0n) is 10.1. The minimum absolute atomic E-state index is 0.310. The van der Waals surface area contributed by atoms with E-state index in [1.54, 1.807) is 0 Å². The van der Waals surface area contributed by atoms with Gasteiger partial charge in [-0.05, 0) is 24.6 Å². The summed E-state index contributed by atoms with van der Waals surface area (Å²) in [6, 6.07) is 4.20. The Labute approximate surface area is 114 Å². The Hall–Kier alpha value is -2.02. The molecule has 3 N–H and O–H groups in total. The summed E-state index contributed by atoms with van der Waals surface area (Å²) in [5, 5.41) is 26.0. The van der Waals surface area contributed by atoms with Gasteiger partial charge in [0.25, 0.3) is 0 Å². The molecule has 1 aromatic carbocycles. The van der Waals surface area contributed by atoms with Gasteiger partial charge in [-0.1, -0.05) is 0 Å². The van der Waals surface area contributed by atoms with Crippen molar-refractivity contribution in [2.24, 2.45) is 0 Å². The van der Waals surface area contributed by atoms with Gasteiger partial charge >= 0.3 is 5.97 Å². The summed E-state index contributed by atoms with van der Waals surface area (Å²) in [6.45, 7) is -0.310. The second-order valence-electron chi connectivity index (χ2n) is 3.79. The highest BCUT2D eigenvalue weighted by atomic mass is 32.2. The van der Waals surface area contributed by atoms with Crippen LogP contribution in [0.4, 0.5) is 4.39 Å². The zero-order chi connectivity index (χ0) is 15.3. The van der Waals surface area contributed by atoms with Crippen molar-refractivity contribution in [2.75, 3.05) is 6.54 Å². The van der Waals surface area contributed by atoms with Crippen LogP contribution in [0.2, 0.25) is 0 Å². The van der Waals surface area contributed by atoms with E-state index in [0.29, 0.717) is 0 Å². The van der Waals surface area contributed by atoms with E-state index in [2.05, 4.69) is 0 Å². The van der Waals surface area contributed by atoms with Crippen LogP contribution in [0.5, 0.6) is 0 Å². The van der Waals surface area contributed by atoms with Crippen LogP contribution in [0.25, 0.3) is 0 Å². The largest absolute Gasteiger partial charge is 0.479 e. The molecular formula is C11H11FN2O5S. The standard InChI is InChI=1S/C11H11FN2O5S/c12-9-2-1-8(5-7(9)6-13)20(18,19)14-4-3-10(15)11(16)17/h1-2,5,10,14-15H,3-4H2,(H,16,17). The normalized spacial score (nSPS) is 12.7. The number of benzene rings is 1. The highest BCUT2D eigenvalue weighted by molar-refractivity contribution is 7.89. The van der Waals surface area contributed by atoms with Crippen LogP contribution in [-0.2, 0) is 14.8 Å². The van der Waals surface area contributed by atoms with Crippen LogP contribution >= 0.6 is 0 Å². The van der Waals surface area contributed by atoms with Crippen molar-refractivity contribution in [1.82, 2.24) is 4.72 Å². The third kappa shape index (κ3) is 3.99. The second kappa shape index (κ2) is 6.42. The highest BCUT2D eigenvalue weighted by Crippen LogP contribution is 2.14.